The van der Waals surface area contributed by atoms with Gasteiger partial charge in [0.25, 0.3) is 0 Å². The smallest absolute Gasteiger partial charge is 0.236 e. The van der Waals surface area contributed by atoms with Gasteiger partial charge in [0.2, 0.25) is 5.91 Å². The third-order valence-electron chi connectivity index (χ3n) is 6.31. The van der Waals surface area contributed by atoms with E-state index >= 15 is 0 Å². The van der Waals surface area contributed by atoms with E-state index in [1.54, 1.807) is 6.07 Å². The van der Waals surface area contributed by atoms with Gasteiger partial charge in [0.15, 0.2) is 0 Å². The fourth-order valence-electron chi connectivity index (χ4n) is 5.22. The van der Waals surface area contributed by atoms with Gasteiger partial charge in [-0.1, -0.05) is 62.2 Å². The highest BCUT2D eigenvalue weighted by Crippen LogP contribution is 2.61. The van der Waals surface area contributed by atoms with E-state index in [2.05, 4.69) is 26.1 Å². The Hall–Kier alpha value is -1.84. The summed E-state index contributed by atoms with van der Waals surface area (Å²) in [5.41, 5.74) is 1.52. The fourth-order valence-corrected chi connectivity index (χ4v) is 5.59. The highest BCUT2D eigenvalue weighted by molar-refractivity contribution is 6.31. The minimum atomic E-state index is -0.837. The number of ketones is 1. The number of Topliss-reactive ketones (excluding diaryl/α,β-unsaturated/α-hetero) is 1. The van der Waals surface area contributed by atoms with Gasteiger partial charge in [-0.2, -0.15) is 0 Å². The predicted octanol–water partition coefficient (Wildman–Crippen LogP) is 5.99. The number of benzene rings is 2. The molecule has 146 valence electrons. The number of fused-ring (bicyclic) bond motifs is 2. The lowest BCUT2D eigenvalue weighted by molar-refractivity contribution is -0.134. The molecule has 1 aliphatic carbocycles. The number of hydrogen-bond acceptors (Lipinski definition) is 2. The molecule has 0 saturated heterocycles. The average molecular weight is 416 g/mol. The number of nitrogens with one attached hydrogen (secondary N) is 1. The molecule has 3 unspecified atom stereocenters. The Morgan fingerprint density at radius 2 is 1.71 bits per heavy atom. The first-order chi connectivity index (χ1) is 13.1. The lowest BCUT2D eigenvalue weighted by Gasteiger charge is -2.50. The van der Waals surface area contributed by atoms with Crippen LogP contribution in [-0.4, -0.2) is 11.7 Å². The van der Waals surface area contributed by atoms with Crippen LogP contribution in [0.2, 0.25) is 10.0 Å². The number of hydrogen-bond donors (Lipinski definition) is 1. The van der Waals surface area contributed by atoms with E-state index in [1.807, 2.05) is 36.4 Å². The van der Waals surface area contributed by atoms with Crippen LogP contribution in [0.1, 0.15) is 50.7 Å². The Kier molecular flexibility index (Phi) is 4.59. The van der Waals surface area contributed by atoms with Crippen LogP contribution in [0.15, 0.2) is 42.5 Å². The molecule has 0 aromatic heterocycles. The topological polar surface area (TPSA) is 46.2 Å². The Bertz CT molecular complexity index is 979. The van der Waals surface area contributed by atoms with Crippen molar-refractivity contribution in [3.05, 3.63) is 63.6 Å². The Balaban J connectivity index is 2.02. The summed E-state index contributed by atoms with van der Waals surface area (Å²) >= 11 is 12.5. The first kappa shape index (κ1) is 19.5. The molecule has 2 aliphatic rings. The molecular formula is C23H23Cl2NO2. The average Bonchev–Trinajstić information content (AvgIpc) is 2.87. The van der Waals surface area contributed by atoms with Gasteiger partial charge in [-0.3, -0.25) is 9.59 Å². The van der Waals surface area contributed by atoms with Gasteiger partial charge in [0.05, 0.1) is 5.41 Å². The summed E-state index contributed by atoms with van der Waals surface area (Å²) in [5.74, 6) is -0.292. The van der Waals surface area contributed by atoms with Crippen LogP contribution in [0, 0.1) is 11.3 Å². The Labute approximate surface area is 175 Å². The molecule has 1 amide bonds. The van der Waals surface area contributed by atoms with E-state index in [-0.39, 0.29) is 28.9 Å². The summed E-state index contributed by atoms with van der Waals surface area (Å²) in [6.45, 7) is 6.32. The van der Waals surface area contributed by atoms with Gasteiger partial charge in [-0.05, 0) is 46.7 Å². The first-order valence-electron chi connectivity index (χ1n) is 9.52. The zero-order valence-electron chi connectivity index (χ0n) is 16.2. The highest BCUT2D eigenvalue weighted by Gasteiger charge is 2.62. The second-order valence-corrected chi connectivity index (χ2v) is 9.86. The molecular weight excluding hydrogens is 393 g/mol. The molecule has 3 nitrogen and oxygen atoms in total. The van der Waals surface area contributed by atoms with Gasteiger partial charge in [-0.25, -0.2) is 0 Å². The lowest BCUT2D eigenvalue weighted by atomic mass is 9.50. The molecule has 1 aliphatic heterocycles. The Morgan fingerprint density at radius 3 is 2.39 bits per heavy atom. The minimum absolute atomic E-state index is 0.0535. The van der Waals surface area contributed by atoms with E-state index in [0.717, 1.165) is 16.8 Å². The number of halogens is 2. The van der Waals surface area contributed by atoms with Crippen molar-refractivity contribution in [1.29, 1.82) is 0 Å². The van der Waals surface area contributed by atoms with Crippen molar-refractivity contribution in [2.24, 2.45) is 11.3 Å². The molecule has 0 bridgehead atoms. The molecule has 3 atom stereocenters. The van der Waals surface area contributed by atoms with Crippen molar-refractivity contribution in [2.45, 2.75) is 44.9 Å². The quantitative estimate of drug-likeness (QED) is 0.621. The largest absolute Gasteiger partial charge is 0.325 e. The van der Waals surface area contributed by atoms with Gasteiger partial charge < -0.3 is 5.32 Å². The van der Waals surface area contributed by atoms with Gasteiger partial charge in [-0.15, -0.1) is 0 Å². The summed E-state index contributed by atoms with van der Waals surface area (Å²) in [4.78, 5) is 26.5. The highest BCUT2D eigenvalue weighted by atomic mass is 35.5. The second kappa shape index (κ2) is 6.60. The van der Waals surface area contributed by atoms with E-state index in [4.69, 9.17) is 23.2 Å². The molecule has 1 heterocycles. The maximum Gasteiger partial charge on any atom is 0.236 e. The van der Waals surface area contributed by atoms with Gasteiger partial charge in [0.1, 0.15) is 5.78 Å². The van der Waals surface area contributed by atoms with E-state index in [1.165, 1.54) is 0 Å². The van der Waals surface area contributed by atoms with E-state index < -0.39 is 5.41 Å². The van der Waals surface area contributed by atoms with Crippen molar-refractivity contribution in [3.63, 3.8) is 0 Å². The second-order valence-electron chi connectivity index (χ2n) is 8.99. The molecule has 1 spiro atoms. The van der Waals surface area contributed by atoms with Crippen molar-refractivity contribution in [1.82, 2.24) is 0 Å². The van der Waals surface area contributed by atoms with E-state index in [0.29, 0.717) is 22.9 Å². The zero-order valence-corrected chi connectivity index (χ0v) is 17.7. The predicted molar refractivity (Wildman–Crippen MR) is 113 cm³/mol. The summed E-state index contributed by atoms with van der Waals surface area (Å²) in [6, 6.07) is 13.1. The van der Waals surface area contributed by atoms with Crippen LogP contribution < -0.4 is 5.32 Å². The summed E-state index contributed by atoms with van der Waals surface area (Å²) in [5, 5.41) is 4.25. The number of carbonyl (C=O) groups is 2. The van der Waals surface area contributed by atoms with Crippen LogP contribution in [-0.2, 0) is 15.0 Å². The molecule has 5 heteroatoms. The molecule has 1 fully saturated rings. The zero-order chi connectivity index (χ0) is 20.3. The SMILES string of the molecule is CC(C)(C)C1CC(=O)CC(c2cccc(Cl)c2)C12C(=O)Nc1cc(Cl)ccc12. The molecule has 28 heavy (non-hydrogen) atoms. The van der Waals surface area contributed by atoms with Crippen molar-refractivity contribution in [3.8, 4) is 0 Å². The molecule has 1 N–H and O–H groups in total. The van der Waals surface area contributed by atoms with Crippen LogP contribution in [0.4, 0.5) is 5.69 Å². The normalized spacial score (nSPS) is 27.0. The molecule has 1 saturated carbocycles. The molecule has 2 aromatic rings. The molecule has 4 rings (SSSR count). The van der Waals surface area contributed by atoms with Gasteiger partial charge >= 0.3 is 0 Å². The molecule has 0 radical (unpaired) electrons. The number of anilines is 1. The van der Waals surface area contributed by atoms with Gasteiger partial charge in [0, 0.05) is 34.5 Å². The van der Waals surface area contributed by atoms with Crippen LogP contribution in [0.25, 0.3) is 0 Å². The Morgan fingerprint density at radius 1 is 1.00 bits per heavy atom. The monoisotopic (exact) mass is 415 g/mol. The first-order valence-corrected chi connectivity index (χ1v) is 10.3. The number of rotatable bonds is 1. The number of amides is 1. The van der Waals surface area contributed by atoms with E-state index in [9.17, 15) is 9.59 Å². The minimum Gasteiger partial charge on any atom is -0.325 e. The van der Waals surface area contributed by atoms with Crippen LogP contribution in [0.5, 0.6) is 0 Å². The van der Waals surface area contributed by atoms with Crippen molar-refractivity contribution >= 4 is 40.6 Å². The van der Waals surface area contributed by atoms with Crippen molar-refractivity contribution < 1.29 is 9.59 Å². The van der Waals surface area contributed by atoms with Crippen LogP contribution in [0.3, 0.4) is 0 Å². The maximum atomic E-state index is 13.7. The third kappa shape index (κ3) is 2.87. The number of carbonyl (C=O) groups excluding carboxylic acids is 2. The maximum absolute atomic E-state index is 13.7. The summed E-state index contributed by atoms with van der Waals surface area (Å²) in [6.07, 6.45) is 0.707. The fraction of sp³-hybridized carbons (Fsp3) is 0.391. The summed E-state index contributed by atoms with van der Waals surface area (Å²) in [7, 11) is 0. The van der Waals surface area contributed by atoms with Crippen molar-refractivity contribution in [2.75, 3.05) is 5.32 Å². The summed E-state index contributed by atoms with van der Waals surface area (Å²) < 4.78 is 0. The lowest BCUT2D eigenvalue weighted by Crippen LogP contribution is -2.55. The molecule has 2 aromatic carbocycles. The third-order valence-corrected chi connectivity index (χ3v) is 6.78. The van der Waals surface area contributed by atoms with Crippen LogP contribution >= 0.6 is 23.2 Å². The standard InChI is InChI=1S/C23H23Cl2NO2/c1-22(2,3)20-12-16(27)11-18(13-5-4-6-14(24)9-13)23(20)17-8-7-15(25)10-19(17)26-21(23)28/h4-10,18,20H,11-12H2,1-3H3,(H,26,28).